The summed E-state index contributed by atoms with van der Waals surface area (Å²) in [6.45, 7) is 8.27. The van der Waals surface area contributed by atoms with E-state index in [2.05, 4.69) is 28.3 Å². The Morgan fingerprint density at radius 3 is 2.79 bits per heavy atom. The molecule has 10 nitrogen and oxygen atoms in total. The third-order valence-corrected chi connectivity index (χ3v) is 8.76. The molecule has 43 heavy (non-hydrogen) atoms. The molecule has 2 saturated heterocycles. The van der Waals surface area contributed by atoms with Crippen molar-refractivity contribution in [2.45, 2.75) is 39.2 Å². The summed E-state index contributed by atoms with van der Waals surface area (Å²) in [5.41, 5.74) is 3.87. The molecule has 5 heterocycles. The van der Waals surface area contributed by atoms with Crippen LogP contribution in [0, 0.1) is 23.7 Å². The molecule has 2 aliphatic rings. The highest BCUT2D eigenvalue weighted by Gasteiger charge is 2.34. The van der Waals surface area contributed by atoms with Gasteiger partial charge in [-0.25, -0.2) is 9.50 Å². The minimum Gasteiger partial charge on any atom is -0.489 e. The number of anilines is 1. The third-order valence-electron chi connectivity index (χ3n) is 8.44. The second-order valence-corrected chi connectivity index (χ2v) is 12.1. The molecule has 2 aliphatic heterocycles. The van der Waals surface area contributed by atoms with Crippen molar-refractivity contribution in [1.82, 2.24) is 24.9 Å². The minimum atomic E-state index is -0.118. The molecule has 3 aromatic heterocycles. The monoisotopic (exact) mass is 599 g/mol. The fraction of sp³-hybridized carbons (Fsp3) is 0.406. The Hall–Kier alpha value is -4.04. The van der Waals surface area contributed by atoms with Crippen LogP contribution in [0.2, 0.25) is 5.02 Å². The lowest BCUT2D eigenvalue weighted by Gasteiger charge is -2.39. The summed E-state index contributed by atoms with van der Waals surface area (Å²) in [6.07, 6.45) is 8.94. The van der Waals surface area contributed by atoms with Gasteiger partial charge < -0.3 is 19.7 Å². The fourth-order valence-electron chi connectivity index (χ4n) is 5.91. The number of ether oxygens (including phenoxy) is 2. The van der Waals surface area contributed by atoms with Crippen molar-refractivity contribution >= 4 is 28.7 Å². The number of piperidine rings is 1. The van der Waals surface area contributed by atoms with Gasteiger partial charge in [-0.2, -0.15) is 10.4 Å². The molecule has 222 valence electrons. The number of nitrogens with one attached hydrogen (secondary N) is 1. The van der Waals surface area contributed by atoms with Crippen molar-refractivity contribution in [3.8, 4) is 23.1 Å². The molecule has 0 amide bonds. The SMILES string of the molecule is Cc1cccc(Cl)c1C(=O)CC1(C)CCN(c2cnc(-c3cc(OC[C@@H]4CNCCO4)cn4ncc(C#N)c34)cn2)CC1. The van der Waals surface area contributed by atoms with Crippen LogP contribution in [-0.2, 0) is 4.74 Å². The number of morpholine rings is 1. The van der Waals surface area contributed by atoms with E-state index in [0.29, 0.717) is 58.3 Å². The highest BCUT2D eigenvalue weighted by molar-refractivity contribution is 6.34. The van der Waals surface area contributed by atoms with Crippen molar-refractivity contribution in [3.63, 3.8) is 0 Å². The van der Waals surface area contributed by atoms with Crippen molar-refractivity contribution in [3.05, 3.63) is 70.8 Å². The molecule has 4 aromatic rings. The van der Waals surface area contributed by atoms with E-state index in [1.54, 1.807) is 35.4 Å². The summed E-state index contributed by atoms with van der Waals surface area (Å²) >= 11 is 6.37. The summed E-state index contributed by atoms with van der Waals surface area (Å²) in [6, 6.07) is 9.68. The Bertz CT molecular complexity index is 1650. The summed E-state index contributed by atoms with van der Waals surface area (Å²) < 4.78 is 13.5. The molecular formula is C32H34ClN7O3. The maximum absolute atomic E-state index is 13.2. The number of carbonyl (C=O) groups is 1. The highest BCUT2D eigenvalue weighted by atomic mass is 35.5. The lowest BCUT2D eigenvalue weighted by atomic mass is 9.75. The number of benzene rings is 1. The van der Waals surface area contributed by atoms with Crippen LogP contribution in [0.4, 0.5) is 5.82 Å². The average molecular weight is 600 g/mol. The van der Waals surface area contributed by atoms with E-state index in [4.69, 9.17) is 31.0 Å². The smallest absolute Gasteiger partial charge is 0.165 e. The number of carbonyl (C=O) groups excluding carboxylic acids is 1. The van der Waals surface area contributed by atoms with Crippen LogP contribution in [0.3, 0.4) is 0 Å². The first-order valence-corrected chi connectivity index (χ1v) is 14.9. The first-order valence-electron chi connectivity index (χ1n) is 14.6. The average Bonchev–Trinajstić information content (AvgIpc) is 3.44. The molecule has 6 rings (SSSR count). The quantitative estimate of drug-likeness (QED) is 0.283. The van der Waals surface area contributed by atoms with Crippen LogP contribution in [0.1, 0.15) is 47.7 Å². The van der Waals surface area contributed by atoms with E-state index in [9.17, 15) is 10.1 Å². The lowest BCUT2D eigenvalue weighted by Crippen LogP contribution is -2.41. The van der Waals surface area contributed by atoms with Crippen LogP contribution in [0.5, 0.6) is 5.75 Å². The first-order chi connectivity index (χ1) is 20.8. The zero-order chi connectivity index (χ0) is 30.0. The van der Waals surface area contributed by atoms with Crippen LogP contribution in [0.15, 0.2) is 49.1 Å². The molecule has 11 heteroatoms. The zero-order valence-electron chi connectivity index (χ0n) is 24.3. The molecule has 2 fully saturated rings. The number of hydrogen-bond acceptors (Lipinski definition) is 9. The number of hydrogen-bond donors (Lipinski definition) is 1. The maximum atomic E-state index is 13.2. The van der Waals surface area contributed by atoms with Gasteiger partial charge in [0.05, 0.1) is 53.2 Å². The third kappa shape index (κ3) is 6.20. The summed E-state index contributed by atoms with van der Waals surface area (Å²) in [4.78, 5) is 24.9. The molecule has 0 bridgehead atoms. The van der Waals surface area contributed by atoms with Gasteiger partial charge in [0.1, 0.15) is 30.3 Å². The summed E-state index contributed by atoms with van der Waals surface area (Å²) in [7, 11) is 0. The van der Waals surface area contributed by atoms with Gasteiger partial charge in [-0.05, 0) is 42.9 Å². The van der Waals surface area contributed by atoms with Gasteiger partial charge >= 0.3 is 0 Å². The summed E-state index contributed by atoms with van der Waals surface area (Å²) in [5.74, 6) is 1.48. The normalized spacial score (nSPS) is 18.4. The second-order valence-electron chi connectivity index (χ2n) is 11.6. The van der Waals surface area contributed by atoms with E-state index in [1.807, 2.05) is 25.1 Å². The van der Waals surface area contributed by atoms with E-state index in [1.165, 1.54) is 0 Å². The van der Waals surface area contributed by atoms with Gasteiger partial charge in [-0.3, -0.25) is 9.78 Å². The number of rotatable bonds is 8. The Balaban J connectivity index is 1.16. The predicted octanol–water partition coefficient (Wildman–Crippen LogP) is 4.87. The number of nitrogens with zero attached hydrogens (tertiary/aromatic N) is 6. The highest BCUT2D eigenvalue weighted by Crippen LogP contribution is 2.38. The number of aryl methyl sites for hydroxylation is 1. The number of aromatic nitrogens is 4. The molecule has 1 aromatic carbocycles. The molecule has 0 spiro atoms. The van der Waals surface area contributed by atoms with E-state index >= 15 is 0 Å². The lowest BCUT2D eigenvalue weighted by molar-refractivity contribution is 0.000107. The van der Waals surface area contributed by atoms with Crippen molar-refractivity contribution < 1.29 is 14.3 Å². The zero-order valence-corrected chi connectivity index (χ0v) is 25.1. The number of halogens is 1. The van der Waals surface area contributed by atoms with Gasteiger partial charge in [0.15, 0.2) is 5.78 Å². The maximum Gasteiger partial charge on any atom is 0.165 e. The molecule has 1 N–H and O–H groups in total. The van der Waals surface area contributed by atoms with Crippen molar-refractivity contribution in [2.75, 3.05) is 44.3 Å². The Morgan fingerprint density at radius 2 is 2.09 bits per heavy atom. The van der Waals surface area contributed by atoms with Crippen LogP contribution in [0.25, 0.3) is 16.8 Å². The van der Waals surface area contributed by atoms with Crippen molar-refractivity contribution in [2.24, 2.45) is 5.41 Å². The standard InChI is InChI=1S/C32H34ClN7O3/c1-21-4-3-5-26(33)30(21)28(41)13-32(2)6-9-39(10-7-32)29-18-36-27(17-37-29)25-12-23(43-20-24-16-35-8-11-42-24)19-40-31(25)22(14-34)15-38-40/h3-5,12,15,17-19,24,35H,6-11,13,16,20H2,1-2H3/t24-/m0/s1. The van der Waals surface area contributed by atoms with E-state index in [0.717, 1.165) is 50.4 Å². The van der Waals surface area contributed by atoms with Crippen LogP contribution < -0.4 is 15.0 Å². The van der Waals surface area contributed by atoms with Crippen molar-refractivity contribution in [1.29, 1.82) is 5.26 Å². The van der Waals surface area contributed by atoms with E-state index in [-0.39, 0.29) is 17.3 Å². The fourth-order valence-corrected chi connectivity index (χ4v) is 6.23. The Kier molecular flexibility index (Phi) is 8.30. The van der Waals surface area contributed by atoms with Gasteiger partial charge in [-0.15, -0.1) is 0 Å². The summed E-state index contributed by atoms with van der Waals surface area (Å²) in [5, 5.41) is 17.9. The molecule has 0 aliphatic carbocycles. The Labute approximate surface area is 255 Å². The van der Waals surface area contributed by atoms with Gasteiger partial charge in [0.25, 0.3) is 0 Å². The largest absolute Gasteiger partial charge is 0.489 e. The molecule has 0 unspecified atom stereocenters. The van der Waals surface area contributed by atoms with Crippen LogP contribution >= 0.6 is 11.6 Å². The van der Waals surface area contributed by atoms with Gasteiger partial charge in [0.2, 0.25) is 0 Å². The van der Waals surface area contributed by atoms with Gasteiger partial charge in [0, 0.05) is 43.7 Å². The number of nitriles is 1. The Morgan fingerprint density at radius 1 is 1.26 bits per heavy atom. The first kappa shape index (κ1) is 29.1. The molecule has 0 saturated carbocycles. The second kappa shape index (κ2) is 12.3. The minimum absolute atomic E-state index is 0.0379. The van der Waals surface area contributed by atoms with Crippen LogP contribution in [-0.4, -0.2) is 70.9 Å². The molecular weight excluding hydrogens is 566 g/mol. The molecule has 1 atom stereocenters. The number of pyridine rings is 1. The van der Waals surface area contributed by atoms with E-state index < -0.39 is 0 Å². The topological polar surface area (TPSA) is 118 Å². The molecule has 0 radical (unpaired) electrons. The number of ketones is 1. The number of fused-ring (bicyclic) bond motifs is 1. The number of Topliss-reactive ketones (excluding diaryl/α,β-unsaturated/α-hetero) is 1. The van der Waals surface area contributed by atoms with Gasteiger partial charge in [-0.1, -0.05) is 30.7 Å². The predicted molar refractivity (Wildman–Crippen MR) is 164 cm³/mol.